The molecule has 146 valence electrons. The second-order valence-electron chi connectivity index (χ2n) is 6.76. The van der Waals surface area contributed by atoms with Crippen molar-refractivity contribution in [3.05, 3.63) is 22.4 Å². The smallest absolute Gasteiger partial charge is 0.243 e. The van der Waals surface area contributed by atoms with Crippen molar-refractivity contribution in [2.75, 3.05) is 59.9 Å². The van der Waals surface area contributed by atoms with E-state index in [9.17, 15) is 4.79 Å². The summed E-state index contributed by atoms with van der Waals surface area (Å²) in [4.78, 5) is 24.2. The molecule has 3 aliphatic heterocycles. The number of halogens is 1. The molecule has 3 aliphatic rings. The number of nitrogens with zero attached hydrogens (tertiary/aromatic N) is 4. The van der Waals surface area contributed by atoms with E-state index in [1.807, 2.05) is 6.07 Å². The lowest BCUT2D eigenvalue weighted by Crippen LogP contribution is -2.63. The Morgan fingerprint density at radius 1 is 1.31 bits per heavy atom. The number of hydrogen-bond acceptors (Lipinski definition) is 5. The molecule has 1 amide bonds. The van der Waals surface area contributed by atoms with Crippen LogP contribution in [0.4, 0.5) is 0 Å². The number of aliphatic imine (C=N–C) groups is 1. The third-order valence-corrected chi connectivity index (χ3v) is 5.66. The van der Waals surface area contributed by atoms with Crippen LogP contribution < -0.4 is 10.6 Å². The zero-order valence-electron chi connectivity index (χ0n) is 15.5. The molecule has 2 bridgehead atoms. The van der Waals surface area contributed by atoms with Crippen LogP contribution in [0, 0.1) is 0 Å². The Labute approximate surface area is 176 Å². The van der Waals surface area contributed by atoms with Crippen molar-refractivity contribution in [3.63, 3.8) is 0 Å². The molecule has 0 radical (unpaired) electrons. The van der Waals surface area contributed by atoms with E-state index < -0.39 is 0 Å². The first kappa shape index (κ1) is 21.4. The number of thiophene rings is 1. The standard InChI is InChI=1S/C17H28N6OS.HI/c1-21(2)16(24)12-20-17(19-11-15-4-3-9-25-15)18-10-14-13-22-5-7-23(14)8-6-22;/h3-4,9,14H,5-8,10-13H2,1-2H3,(H2,18,19,20);1H. The minimum Gasteiger partial charge on any atom is -0.355 e. The lowest BCUT2D eigenvalue weighted by Gasteiger charge is -2.47. The van der Waals surface area contributed by atoms with E-state index in [1.54, 1.807) is 30.3 Å². The summed E-state index contributed by atoms with van der Waals surface area (Å²) in [5, 5.41) is 8.85. The summed E-state index contributed by atoms with van der Waals surface area (Å²) in [5.41, 5.74) is 0. The van der Waals surface area contributed by atoms with Gasteiger partial charge in [0.2, 0.25) is 5.91 Å². The summed E-state index contributed by atoms with van der Waals surface area (Å²) in [7, 11) is 3.51. The molecule has 0 aliphatic carbocycles. The van der Waals surface area contributed by atoms with Crippen LogP contribution in [-0.2, 0) is 11.3 Å². The summed E-state index contributed by atoms with van der Waals surface area (Å²) < 4.78 is 0. The van der Waals surface area contributed by atoms with Crippen LogP contribution in [0.2, 0.25) is 0 Å². The molecule has 2 N–H and O–H groups in total. The maximum absolute atomic E-state index is 11.8. The predicted molar refractivity (Wildman–Crippen MR) is 117 cm³/mol. The van der Waals surface area contributed by atoms with Crippen molar-refractivity contribution in [1.29, 1.82) is 0 Å². The number of rotatable bonds is 6. The highest BCUT2D eigenvalue weighted by atomic mass is 127. The minimum absolute atomic E-state index is 0. The molecule has 1 atom stereocenters. The first-order valence-corrected chi connectivity index (χ1v) is 9.71. The van der Waals surface area contributed by atoms with Crippen molar-refractivity contribution in [2.45, 2.75) is 12.6 Å². The normalized spacial score (nSPS) is 24.7. The summed E-state index contributed by atoms with van der Waals surface area (Å²) in [6, 6.07) is 4.65. The highest BCUT2D eigenvalue weighted by molar-refractivity contribution is 14.0. The van der Waals surface area contributed by atoms with Gasteiger partial charge in [0.1, 0.15) is 6.54 Å². The van der Waals surface area contributed by atoms with Gasteiger partial charge in [0, 0.05) is 64.3 Å². The van der Waals surface area contributed by atoms with Gasteiger partial charge in [-0.2, -0.15) is 0 Å². The van der Waals surface area contributed by atoms with E-state index in [4.69, 9.17) is 0 Å². The van der Waals surface area contributed by atoms with E-state index in [0.717, 1.165) is 32.7 Å². The fourth-order valence-corrected chi connectivity index (χ4v) is 3.82. The average Bonchev–Trinajstić information content (AvgIpc) is 3.15. The zero-order chi connectivity index (χ0) is 17.6. The maximum Gasteiger partial charge on any atom is 0.243 e. The molecule has 3 fully saturated rings. The van der Waals surface area contributed by atoms with Crippen molar-refractivity contribution >= 4 is 47.2 Å². The molecular weight excluding hydrogens is 463 g/mol. The molecule has 0 saturated carbocycles. The van der Waals surface area contributed by atoms with Crippen LogP contribution in [-0.4, -0.2) is 92.5 Å². The second kappa shape index (κ2) is 10.4. The summed E-state index contributed by atoms with van der Waals surface area (Å²) in [5.74, 6) is 0.713. The van der Waals surface area contributed by atoms with Gasteiger partial charge in [-0.1, -0.05) is 6.07 Å². The van der Waals surface area contributed by atoms with Gasteiger partial charge in [0.15, 0.2) is 5.96 Å². The molecule has 1 aromatic heterocycles. The fraction of sp³-hybridized carbons (Fsp3) is 0.647. The molecular formula is C17H29IN6OS. The van der Waals surface area contributed by atoms with Crippen molar-refractivity contribution in [1.82, 2.24) is 25.3 Å². The summed E-state index contributed by atoms with van der Waals surface area (Å²) in [6.07, 6.45) is 0. The number of hydrogen-bond donors (Lipinski definition) is 2. The van der Waals surface area contributed by atoms with Crippen LogP contribution in [0.15, 0.2) is 22.5 Å². The highest BCUT2D eigenvalue weighted by Gasteiger charge is 2.31. The van der Waals surface area contributed by atoms with Gasteiger partial charge >= 0.3 is 0 Å². The third-order valence-electron chi connectivity index (χ3n) is 4.78. The van der Waals surface area contributed by atoms with Crippen LogP contribution >= 0.6 is 35.3 Å². The van der Waals surface area contributed by atoms with Gasteiger partial charge in [-0.25, -0.2) is 4.99 Å². The Morgan fingerprint density at radius 3 is 2.65 bits per heavy atom. The van der Waals surface area contributed by atoms with E-state index in [-0.39, 0.29) is 36.4 Å². The number of likely N-dealkylation sites (N-methyl/N-ethyl adjacent to an activating group) is 1. The van der Waals surface area contributed by atoms with E-state index in [2.05, 4.69) is 36.9 Å². The quantitative estimate of drug-likeness (QED) is 0.344. The Morgan fingerprint density at radius 2 is 2.08 bits per heavy atom. The van der Waals surface area contributed by atoms with Gasteiger partial charge in [-0.15, -0.1) is 35.3 Å². The molecule has 1 unspecified atom stereocenters. The first-order chi connectivity index (χ1) is 12.1. The number of guanidine groups is 1. The summed E-state index contributed by atoms with van der Waals surface area (Å²) in [6.45, 7) is 7.52. The maximum atomic E-state index is 11.8. The van der Waals surface area contributed by atoms with Crippen LogP contribution in [0.25, 0.3) is 0 Å². The predicted octanol–water partition coefficient (Wildman–Crippen LogP) is 0.489. The van der Waals surface area contributed by atoms with Crippen molar-refractivity contribution in [3.8, 4) is 0 Å². The topological polar surface area (TPSA) is 63.2 Å². The Kier molecular flexibility index (Phi) is 8.58. The molecule has 26 heavy (non-hydrogen) atoms. The lowest BCUT2D eigenvalue weighted by atomic mass is 10.1. The Bertz CT molecular complexity index is 586. The lowest BCUT2D eigenvalue weighted by molar-refractivity contribution is -0.127. The van der Waals surface area contributed by atoms with E-state index >= 15 is 0 Å². The zero-order valence-corrected chi connectivity index (χ0v) is 18.6. The Hall–Kier alpha value is -0.910. The highest BCUT2D eigenvalue weighted by Crippen LogP contribution is 2.14. The van der Waals surface area contributed by atoms with Gasteiger partial charge in [0.25, 0.3) is 0 Å². The van der Waals surface area contributed by atoms with Crippen molar-refractivity contribution in [2.24, 2.45) is 4.99 Å². The number of piperazine rings is 3. The molecule has 4 heterocycles. The monoisotopic (exact) mass is 492 g/mol. The van der Waals surface area contributed by atoms with Crippen LogP contribution in [0.5, 0.6) is 0 Å². The number of fused-ring (bicyclic) bond motifs is 3. The second-order valence-corrected chi connectivity index (χ2v) is 7.79. The van der Waals surface area contributed by atoms with Gasteiger partial charge in [-0.3, -0.25) is 14.6 Å². The molecule has 4 rings (SSSR count). The molecule has 7 nitrogen and oxygen atoms in total. The van der Waals surface area contributed by atoms with Crippen LogP contribution in [0.1, 0.15) is 4.88 Å². The summed E-state index contributed by atoms with van der Waals surface area (Å²) >= 11 is 1.71. The van der Waals surface area contributed by atoms with Crippen molar-refractivity contribution < 1.29 is 4.79 Å². The average molecular weight is 492 g/mol. The largest absolute Gasteiger partial charge is 0.355 e. The first-order valence-electron chi connectivity index (χ1n) is 8.83. The minimum atomic E-state index is 0. The van der Waals surface area contributed by atoms with E-state index in [1.165, 1.54) is 18.0 Å². The van der Waals surface area contributed by atoms with Gasteiger partial charge in [0.05, 0.1) is 6.54 Å². The number of nitrogens with one attached hydrogen (secondary N) is 2. The SMILES string of the molecule is CN(C)C(=O)CN=C(NCc1cccs1)NCC1CN2CCN1CC2.I. The number of carbonyl (C=O) groups excluding carboxylic acids is 1. The number of carbonyl (C=O) groups is 1. The Balaban J connectivity index is 0.00000243. The molecule has 9 heteroatoms. The molecule has 1 aromatic rings. The van der Waals surface area contributed by atoms with Crippen LogP contribution in [0.3, 0.4) is 0 Å². The van der Waals surface area contributed by atoms with Gasteiger partial charge in [-0.05, 0) is 11.4 Å². The van der Waals surface area contributed by atoms with Gasteiger partial charge < -0.3 is 15.5 Å². The molecule has 3 saturated heterocycles. The molecule has 0 spiro atoms. The fourth-order valence-electron chi connectivity index (χ4n) is 3.18. The molecule has 0 aromatic carbocycles. The van der Waals surface area contributed by atoms with E-state index in [0.29, 0.717) is 12.0 Å². The third kappa shape index (κ3) is 6.07. The number of amides is 1.